The molecule has 58 valence electrons. The molecule has 0 atom stereocenters. The van der Waals surface area contributed by atoms with E-state index in [2.05, 4.69) is 20.2 Å². The molecule has 1 aromatic rings. The maximum absolute atomic E-state index is 10.3. The molecule has 0 unspecified atom stereocenters. The Morgan fingerprint density at radius 1 is 1.91 bits per heavy atom. The highest BCUT2D eigenvalue weighted by atomic mass is 32.1. The fraction of sp³-hybridized carbons (Fsp3) is 0.200. The lowest BCUT2D eigenvalue weighted by Gasteiger charge is -1.88. The molecule has 5 nitrogen and oxygen atoms in total. The van der Waals surface area contributed by atoms with Crippen molar-refractivity contribution in [3.05, 3.63) is 10.5 Å². The van der Waals surface area contributed by atoms with Crippen molar-refractivity contribution in [2.45, 2.75) is 0 Å². The molecule has 1 heterocycles. The Kier molecular flexibility index (Phi) is 2.67. The van der Waals surface area contributed by atoms with E-state index in [4.69, 9.17) is 0 Å². The van der Waals surface area contributed by atoms with E-state index < -0.39 is 0 Å². The Balaban J connectivity index is 2.88. The second-order valence-corrected chi connectivity index (χ2v) is 2.35. The molecule has 0 saturated heterocycles. The van der Waals surface area contributed by atoms with E-state index >= 15 is 0 Å². The highest BCUT2D eigenvalue weighted by molar-refractivity contribution is 7.12. The number of nitrogens with zero attached hydrogens (tertiary/aromatic N) is 3. The maximum Gasteiger partial charge on any atom is 0.180 e. The van der Waals surface area contributed by atoms with Crippen molar-refractivity contribution in [3.8, 4) is 0 Å². The third-order valence-corrected chi connectivity index (χ3v) is 1.59. The van der Waals surface area contributed by atoms with Crippen molar-refractivity contribution in [1.82, 2.24) is 10.2 Å². The van der Waals surface area contributed by atoms with Crippen LogP contribution in [0, 0.1) is 0 Å². The highest BCUT2D eigenvalue weighted by Crippen LogP contribution is 2.01. The van der Waals surface area contributed by atoms with E-state index in [-0.39, 0.29) is 5.71 Å². The molecule has 0 bridgehead atoms. The summed E-state index contributed by atoms with van der Waals surface area (Å²) in [5.74, 6) is 0. The summed E-state index contributed by atoms with van der Waals surface area (Å²) >= 11 is 1.23. The Hall–Kier alpha value is -1.30. The molecule has 11 heavy (non-hydrogen) atoms. The molecule has 6 heteroatoms. The van der Waals surface area contributed by atoms with Gasteiger partial charge in [0.15, 0.2) is 17.0 Å². The Morgan fingerprint density at radius 3 is 3.18 bits per heavy atom. The fourth-order valence-corrected chi connectivity index (χ4v) is 0.989. The van der Waals surface area contributed by atoms with Crippen molar-refractivity contribution in [2.75, 3.05) is 7.11 Å². The molecule has 0 aliphatic carbocycles. The van der Waals surface area contributed by atoms with Gasteiger partial charge in [-0.2, -0.15) is 0 Å². The van der Waals surface area contributed by atoms with Gasteiger partial charge >= 0.3 is 0 Å². The molecule has 0 aliphatic heterocycles. The van der Waals surface area contributed by atoms with E-state index in [1.807, 2.05) is 0 Å². The molecule has 0 radical (unpaired) electrons. The standard InChI is InChI=1S/C5H5N3O2S/c1-10-8-4(2-9)5-7-6-3-11-5/h2-3H,1H3. The Bertz CT molecular complexity index is 257. The monoisotopic (exact) mass is 171 g/mol. The van der Waals surface area contributed by atoms with Crippen LogP contribution in [-0.4, -0.2) is 29.3 Å². The molecular weight excluding hydrogens is 166 g/mol. The van der Waals surface area contributed by atoms with Crippen LogP contribution in [0.1, 0.15) is 5.01 Å². The van der Waals surface area contributed by atoms with Crippen molar-refractivity contribution in [1.29, 1.82) is 0 Å². The van der Waals surface area contributed by atoms with Gasteiger partial charge in [0, 0.05) is 0 Å². The number of hydrogen-bond donors (Lipinski definition) is 0. The third-order valence-electron chi connectivity index (χ3n) is 0.880. The van der Waals surface area contributed by atoms with E-state index in [1.54, 1.807) is 0 Å². The molecule has 0 fully saturated rings. The van der Waals surface area contributed by atoms with Crippen LogP contribution in [-0.2, 0) is 9.63 Å². The zero-order valence-electron chi connectivity index (χ0n) is 5.72. The minimum absolute atomic E-state index is 0.162. The van der Waals surface area contributed by atoms with Crippen molar-refractivity contribution in [3.63, 3.8) is 0 Å². The fourth-order valence-electron chi connectivity index (χ4n) is 0.494. The number of carbonyl (C=O) groups excluding carboxylic acids is 1. The van der Waals surface area contributed by atoms with Gasteiger partial charge in [0.05, 0.1) is 0 Å². The predicted molar refractivity (Wildman–Crippen MR) is 39.5 cm³/mol. The lowest BCUT2D eigenvalue weighted by Crippen LogP contribution is -2.02. The summed E-state index contributed by atoms with van der Waals surface area (Å²) < 4.78 is 0. The second-order valence-electron chi connectivity index (χ2n) is 1.52. The smallest absolute Gasteiger partial charge is 0.180 e. The number of carbonyl (C=O) groups is 1. The average molecular weight is 171 g/mol. The van der Waals surface area contributed by atoms with Gasteiger partial charge in [-0.3, -0.25) is 4.79 Å². The van der Waals surface area contributed by atoms with Crippen LogP contribution in [0.4, 0.5) is 0 Å². The summed E-state index contributed by atoms with van der Waals surface area (Å²) in [6.45, 7) is 0. The zero-order chi connectivity index (χ0) is 8.10. The first-order chi connectivity index (χ1) is 5.38. The van der Waals surface area contributed by atoms with Crippen molar-refractivity contribution in [2.24, 2.45) is 5.16 Å². The maximum atomic E-state index is 10.3. The van der Waals surface area contributed by atoms with Crippen LogP contribution < -0.4 is 0 Å². The van der Waals surface area contributed by atoms with Gasteiger partial charge in [0.25, 0.3) is 0 Å². The highest BCUT2D eigenvalue weighted by Gasteiger charge is 2.05. The molecule has 0 aromatic carbocycles. The van der Waals surface area contributed by atoms with Gasteiger partial charge < -0.3 is 4.84 Å². The number of hydrogen-bond acceptors (Lipinski definition) is 6. The van der Waals surface area contributed by atoms with E-state index in [9.17, 15) is 4.79 Å². The predicted octanol–water partition coefficient (Wildman–Crippen LogP) is 0.0875. The quantitative estimate of drug-likeness (QED) is 0.367. The molecular formula is C5H5N3O2S. The van der Waals surface area contributed by atoms with Crippen LogP contribution in [0.25, 0.3) is 0 Å². The van der Waals surface area contributed by atoms with Gasteiger partial charge in [-0.25, -0.2) is 0 Å². The molecule has 0 saturated carbocycles. The summed E-state index contributed by atoms with van der Waals surface area (Å²) in [5, 5.41) is 11.1. The van der Waals surface area contributed by atoms with Gasteiger partial charge in [0.1, 0.15) is 12.6 Å². The first-order valence-electron chi connectivity index (χ1n) is 2.71. The van der Waals surface area contributed by atoms with Crippen molar-refractivity contribution >= 4 is 23.3 Å². The molecule has 0 amide bonds. The number of aromatic nitrogens is 2. The number of oxime groups is 1. The van der Waals surface area contributed by atoms with Crippen LogP contribution in [0.15, 0.2) is 10.7 Å². The first-order valence-corrected chi connectivity index (χ1v) is 3.59. The first kappa shape index (κ1) is 7.80. The molecule has 0 N–H and O–H groups in total. The van der Waals surface area contributed by atoms with E-state index in [0.717, 1.165) is 0 Å². The van der Waals surface area contributed by atoms with Gasteiger partial charge in [-0.1, -0.05) is 16.5 Å². The number of rotatable bonds is 3. The normalized spacial score (nSPS) is 11.2. The lowest BCUT2D eigenvalue weighted by atomic mass is 10.4. The van der Waals surface area contributed by atoms with Crippen LogP contribution in [0.5, 0.6) is 0 Å². The summed E-state index contributed by atoms with van der Waals surface area (Å²) in [6, 6.07) is 0. The molecule has 0 spiro atoms. The minimum atomic E-state index is 0.162. The van der Waals surface area contributed by atoms with E-state index in [0.29, 0.717) is 11.3 Å². The third kappa shape index (κ3) is 1.81. The second kappa shape index (κ2) is 3.77. The summed E-state index contributed by atoms with van der Waals surface area (Å²) in [5.41, 5.74) is 1.68. The van der Waals surface area contributed by atoms with Gasteiger partial charge in [-0.15, -0.1) is 10.2 Å². The van der Waals surface area contributed by atoms with Crippen LogP contribution >= 0.6 is 11.3 Å². The summed E-state index contributed by atoms with van der Waals surface area (Å²) in [6.07, 6.45) is 0.573. The Morgan fingerprint density at radius 2 is 2.73 bits per heavy atom. The average Bonchev–Trinajstić information content (AvgIpc) is 2.52. The zero-order valence-corrected chi connectivity index (χ0v) is 6.54. The lowest BCUT2D eigenvalue weighted by molar-refractivity contribution is -0.102. The van der Waals surface area contributed by atoms with Crippen LogP contribution in [0.2, 0.25) is 0 Å². The minimum Gasteiger partial charge on any atom is -0.398 e. The summed E-state index contributed by atoms with van der Waals surface area (Å²) in [4.78, 5) is 14.7. The van der Waals surface area contributed by atoms with Gasteiger partial charge in [-0.05, 0) is 0 Å². The van der Waals surface area contributed by atoms with Gasteiger partial charge in [0.2, 0.25) is 0 Å². The summed E-state index contributed by atoms with van der Waals surface area (Å²) in [7, 11) is 1.37. The Labute approximate surface area is 66.7 Å². The van der Waals surface area contributed by atoms with Crippen molar-refractivity contribution < 1.29 is 9.63 Å². The van der Waals surface area contributed by atoms with Crippen LogP contribution in [0.3, 0.4) is 0 Å². The number of aldehydes is 1. The largest absolute Gasteiger partial charge is 0.398 e. The molecule has 1 aromatic heterocycles. The molecule has 1 rings (SSSR count). The van der Waals surface area contributed by atoms with E-state index in [1.165, 1.54) is 24.0 Å². The molecule has 0 aliphatic rings. The SMILES string of the molecule is CON=C(C=O)c1nncs1. The topological polar surface area (TPSA) is 64.4 Å².